The summed E-state index contributed by atoms with van der Waals surface area (Å²) in [6.45, 7) is 10.8. The van der Waals surface area contributed by atoms with Gasteiger partial charge < -0.3 is 14.8 Å². The van der Waals surface area contributed by atoms with Gasteiger partial charge in [0.05, 0.1) is 29.7 Å². The van der Waals surface area contributed by atoms with E-state index in [1.165, 1.54) is 22.4 Å². The Balaban J connectivity index is 1.66. The van der Waals surface area contributed by atoms with E-state index in [0.717, 1.165) is 34.6 Å². The summed E-state index contributed by atoms with van der Waals surface area (Å²) in [6, 6.07) is 19.6. The molecule has 5 rings (SSSR count). The number of pyridine rings is 1. The van der Waals surface area contributed by atoms with E-state index in [4.69, 9.17) is 12.2 Å². The summed E-state index contributed by atoms with van der Waals surface area (Å²) in [5, 5.41) is 4.11. The molecule has 9 heteroatoms. The highest BCUT2D eigenvalue weighted by Crippen LogP contribution is 2.44. The van der Waals surface area contributed by atoms with Gasteiger partial charge in [-0.3, -0.25) is 9.71 Å². The van der Waals surface area contributed by atoms with Crippen LogP contribution < -0.4 is 14.9 Å². The SMILES string of the molecule is Cc1cc(C)c(-n2c(C)cc([C@H]3[C@H](c4ccccn4)NC(=S)N3c3ccc(NS(C)(=O)=O)cc3)c2C)c(C)c1. The fourth-order valence-corrected chi connectivity index (χ4v) is 6.72. The second kappa shape index (κ2) is 10.1. The zero-order valence-corrected chi connectivity index (χ0v) is 24.6. The zero-order chi connectivity index (χ0) is 28.1. The Kier molecular flexibility index (Phi) is 6.99. The van der Waals surface area contributed by atoms with E-state index in [9.17, 15) is 8.42 Å². The summed E-state index contributed by atoms with van der Waals surface area (Å²) in [7, 11) is -3.38. The Morgan fingerprint density at radius 2 is 1.62 bits per heavy atom. The highest BCUT2D eigenvalue weighted by Gasteiger charge is 2.42. The van der Waals surface area contributed by atoms with Gasteiger partial charge >= 0.3 is 0 Å². The molecule has 0 spiro atoms. The zero-order valence-electron chi connectivity index (χ0n) is 23.0. The van der Waals surface area contributed by atoms with Crippen LogP contribution in [0.5, 0.6) is 0 Å². The number of thiocarbonyl (C=S) groups is 1. The first kappa shape index (κ1) is 26.9. The van der Waals surface area contributed by atoms with Crippen LogP contribution >= 0.6 is 12.2 Å². The van der Waals surface area contributed by atoms with Crippen molar-refractivity contribution in [2.45, 2.75) is 46.7 Å². The normalized spacial score (nSPS) is 17.4. The van der Waals surface area contributed by atoms with E-state index in [2.05, 4.69) is 77.3 Å². The number of aromatic nitrogens is 2. The van der Waals surface area contributed by atoms with Crippen molar-refractivity contribution in [2.75, 3.05) is 15.9 Å². The first-order valence-corrected chi connectivity index (χ1v) is 15.1. The van der Waals surface area contributed by atoms with Crippen LogP contribution in [0.4, 0.5) is 11.4 Å². The van der Waals surface area contributed by atoms with Gasteiger partial charge in [-0.05, 0) is 106 Å². The van der Waals surface area contributed by atoms with E-state index < -0.39 is 10.0 Å². The summed E-state index contributed by atoms with van der Waals surface area (Å²) in [6.07, 6.45) is 2.94. The Hall–Kier alpha value is -3.69. The quantitative estimate of drug-likeness (QED) is 0.284. The molecule has 7 nitrogen and oxygen atoms in total. The molecule has 0 unspecified atom stereocenters. The minimum atomic E-state index is -3.38. The van der Waals surface area contributed by atoms with Crippen molar-refractivity contribution < 1.29 is 8.42 Å². The van der Waals surface area contributed by atoms with Crippen molar-refractivity contribution in [3.8, 4) is 5.69 Å². The van der Waals surface area contributed by atoms with Crippen molar-refractivity contribution in [1.82, 2.24) is 14.9 Å². The fourth-order valence-electron chi connectivity index (χ4n) is 5.81. The lowest BCUT2D eigenvalue weighted by Crippen LogP contribution is -2.29. The van der Waals surface area contributed by atoms with Crippen LogP contribution in [0.15, 0.2) is 66.9 Å². The van der Waals surface area contributed by atoms with Crippen molar-refractivity contribution in [1.29, 1.82) is 0 Å². The van der Waals surface area contributed by atoms with Gasteiger partial charge in [0.1, 0.15) is 0 Å². The van der Waals surface area contributed by atoms with Crippen molar-refractivity contribution in [3.63, 3.8) is 0 Å². The Morgan fingerprint density at radius 1 is 0.949 bits per heavy atom. The maximum absolute atomic E-state index is 11.7. The Labute approximate surface area is 235 Å². The molecule has 2 aromatic carbocycles. The van der Waals surface area contributed by atoms with Gasteiger partial charge in [-0.2, -0.15) is 0 Å². The number of rotatable bonds is 6. The molecule has 0 radical (unpaired) electrons. The topological polar surface area (TPSA) is 79.3 Å². The second-order valence-electron chi connectivity index (χ2n) is 10.3. The number of sulfonamides is 1. The van der Waals surface area contributed by atoms with Gasteiger partial charge in [-0.15, -0.1) is 0 Å². The molecule has 0 bridgehead atoms. The first-order valence-electron chi connectivity index (χ1n) is 12.8. The maximum Gasteiger partial charge on any atom is 0.229 e. The molecule has 1 saturated heterocycles. The van der Waals surface area contributed by atoms with Crippen molar-refractivity contribution >= 4 is 38.7 Å². The lowest BCUT2D eigenvalue weighted by Gasteiger charge is -2.28. The molecule has 39 heavy (non-hydrogen) atoms. The monoisotopic (exact) mass is 559 g/mol. The average Bonchev–Trinajstić information content (AvgIpc) is 3.34. The highest BCUT2D eigenvalue weighted by atomic mass is 32.2. The largest absolute Gasteiger partial charge is 0.351 e. The third-order valence-corrected chi connectivity index (χ3v) is 8.12. The van der Waals surface area contributed by atoms with Gasteiger partial charge in [0.15, 0.2) is 5.11 Å². The number of nitrogens with one attached hydrogen (secondary N) is 2. The maximum atomic E-state index is 11.7. The molecule has 4 aromatic rings. The standard InChI is InChI=1S/C30H33N5O2S2/c1-18-15-19(2)28(20(3)16-18)34-21(4)17-25(22(34)5)29-27(26-9-7-8-14-31-26)32-30(38)35(29)24-12-10-23(11-13-24)33-39(6,36)37/h7-17,27,29,33H,1-6H3,(H,32,38)/t27-,29-/m0/s1. The molecule has 2 aromatic heterocycles. The third kappa shape index (κ3) is 5.16. The number of hydrogen-bond donors (Lipinski definition) is 2. The molecule has 0 amide bonds. The van der Waals surface area contributed by atoms with E-state index in [-0.39, 0.29) is 12.1 Å². The summed E-state index contributed by atoms with van der Waals surface area (Å²) in [5.74, 6) is 0. The van der Waals surface area contributed by atoms with E-state index in [0.29, 0.717) is 10.8 Å². The molecule has 2 atom stereocenters. The minimum Gasteiger partial charge on any atom is -0.351 e. The second-order valence-corrected chi connectivity index (χ2v) is 12.5. The first-order chi connectivity index (χ1) is 18.4. The smallest absolute Gasteiger partial charge is 0.229 e. The minimum absolute atomic E-state index is 0.174. The Bertz CT molecular complexity index is 1640. The van der Waals surface area contributed by atoms with Crippen LogP contribution in [0.1, 0.15) is 51.4 Å². The number of benzene rings is 2. The molecule has 1 aliphatic heterocycles. The van der Waals surface area contributed by atoms with E-state index in [1.54, 1.807) is 18.3 Å². The molecule has 3 heterocycles. The molecule has 1 aliphatic rings. The van der Waals surface area contributed by atoms with Gasteiger partial charge in [0.2, 0.25) is 10.0 Å². The Morgan fingerprint density at radius 3 is 2.21 bits per heavy atom. The third-order valence-electron chi connectivity index (χ3n) is 7.19. The van der Waals surface area contributed by atoms with Crippen LogP contribution in [0.3, 0.4) is 0 Å². The molecular formula is C30H33N5O2S2. The van der Waals surface area contributed by atoms with Gasteiger partial charge in [0, 0.05) is 29.0 Å². The molecule has 1 fully saturated rings. The lowest BCUT2D eigenvalue weighted by molar-refractivity contribution is 0.565. The van der Waals surface area contributed by atoms with Gasteiger partial charge in [-0.1, -0.05) is 23.8 Å². The van der Waals surface area contributed by atoms with Crippen LogP contribution in [-0.4, -0.2) is 29.3 Å². The molecule has 2 N–H and O–H groups in total. The number of hydrogen-bond acceptors (Lipinski definition) is 4. The van der Waals surface area contributed by atoms with Crippen LogP contribution in [0.2, 0.25) is 0 Å². The van der Waals surface area contributed by atoms with Crippen LogP contribution in [0.25, 0.3) is 5.69 Å². The number of nitrogens with zero attached hydrogens (tertiary/aromatic N) is 3. The number of aryl methyl sites for hydroxylation is 4. The number of anilines is 2. The fraction of sp³-hybridized carbons (Fsp3) is 0.267. The van der Waals surface area contributed by atoms with Crippen LogP contribution in [0, 0.1) is 34.6 Å². The van der Waals surface area contributed by atoms with Crippen LogP contribution in [-0.2, 0) is 10.0 Å². The summed E-state index contributed by atoms with van der Waals surface area (Å²) < 4.78 is 28.3. The summed E-state index contributed by atoms with van der Waals surface area (Å²) in [4.78, 5) is 6.79. The van der Waals surface area contributed by atoms with E-state index >= 15 is 0 Å². The summed E-state index contributed by atoms with van der Waals surface area (Å²) in [5.41, 5.74) is 10.6. The van der Waals surface area contributed by atoms with Gasteiger partial charge in [-0.25, -0.2) is 8.42 Å². The van der Waals surface area contributed by atoms with Crippen molar-refractivity contribution in [2.24, 2.45) is 0 Å². The molecular weight excluding hydrogens is 526 g/mol. The van der Waals surface area contributed by atoms with Crippen molar-refractivity contribution in [3.05, 3.63) is 106 Å². The predicted molar refractivity (Wildman–Crippen MR) is 162 cm³/mol. The molecule has 0 aliphatic carbocycles. The average molecular weight is 560 g/mol. The van der Waals surface area contributed by atoms with Gasteiger partial charge in [0.25, 0.3) is 0 Å². The predicted octanol–water partition coefficient (Wildman–Crippen LogP) is 5.96. The highest BCUT2D eigenvalue weighted by molar-refractivity contribution is 7.92. The summed E-state index contributed by atoms with van der Waals surface area (Å²) >= 11 is 5.90. The lowest BCUT2D eigenvalue weighted by atomic mass is 9.96. The van der Waals surface area contributed by atoms with E-state index in [1.807, 2.05) is 30.3 Å². The molecule has 202 valence electrons. The molecule has 0 saturated carbocycles.